The van der Waals surface area contributed by atoms with Gasteiger partial charge in [0, 0.05) is 5.39 Å². The molecule has 2 aromatic rings. The highest BCUT2D eigenvalue weighted by molar-refractivity contribution is 6.53. The van der Waals surface area contributed by atoms with Crippen molar-refractivity contribution in [3.05, 3.63) is 35.4 Å². The number of aryl methyl sites for hydroxylation is 1. The number of anilines is 1. The van der Waals surface area contributed by atoms with Crippen molar-refractivity contribution in [1.82, 2.24) is 5.32 Å². The summed E-state index contributed by atoms with van der Waals surface area (Å²) in [5.41, 5.74) is 2.57. The maximum absolute atomic E-state index is 11.2. The van der Waals surface area contributed by atoms with E-state index in [1.165, 1.54) is 0 Å². The Kier molecular flexibility index (Phi) is 5.42. The van der Waals surface area contributed by atoms with Crippen molar-refractivity contribution in [1.29, 1.82) is 5.26 Å². The highest BCUT2D eigenvalue weighted by atomic mass is 35.5. The molecule has 114 valence electrons. The van der Waals surface area contributed by atoms with E-state index in [9.17, 15) is 10.1 Å². The Hall–Kier alpha value is -2.03. The van der Waals surface area contributed by atoms with Crippen molar-refractivity contribution >= 4 is 45.8 Å². The zero-order valence-corrected chi connectivity index (χ0v) is 13.4. The molecule has 3 N–H and O–H groups in total. The van der Waals surface area contributed by atoms with Gasteiger partial charge < -0.3 is 5.32 Å². The van der Waals surface area contributed by atoms with E-state index in [0.717, 1.165) is 16.5 Å². The summed E-state index contributed by atoms with van der Waals surface area (Å²) in [6.45, 7) is 2.79. The molecule has 1 aromatic carbocycles. The summed E-state index contributed by atoms with van der Waals surface area (Å²) >= 11 is 10.9. The van der Waals surface area contributed by atoms with Crippen LogP contribution in [0.3, 0.4) is 0 Å². The van der Waals surface area contributed by atoms with Crippen LogP contribution in [0.15, 0.2) is 24.3 Å². The fraction of sp³-hybridized carbons (Fsp3) is 0.267. The number of nitrogens with zero attached hydrogens (tertiary/aromatic N) is 1. The fourth-order valence-electron chi connectivity index (χ4n) is 2.01. The molecule has 0 saturated carbocycles. The van der Waals surface area contributed by atoms with E-state index in [2.05, 4.69) is 21.7 Å². The molecule has 0 atom stereocenters. The summed E-state index contributed by atoms with van der Waals surface area (Å²) in [6, 6.07) is 9.94. The number of halogens is 2. The summed E-state index contributed by atoms with van der Waals surface area (Å²) in [6.07, 6.45) is 0. The van der Waals surface area contributed by atoms with Gasteiger partial charge in [0.15, 0.2) is 4.84 Å². The van der Waals surface area contributed by atoms with Crippen LogP contribution in [-0.2, 0) is 4.79 Å². The fourth-order valence-corrected chi connectivity index (χ4v) is 2.17. The quantitative estimate of drug-likeness (QED) is 0.648. The number of rotatable bonds is 5. The molecular formula is C15H15Cl2N4O+. The molecule has 1 heterocycles. The lowest BCUT2D eigenvalue weighted by Crippen LogP contribution is -2.33. The molecule has 0 saturated heterocycles. The number of carbonyl (C=O) groups excluding carboxylic acids is 1. The maximum Gasteiger partial charge on any atom is 0.290 e. The second-order valence-electron chi connectivity index (χ2n) is 4.78. The zero-order chi connectivity index (χ0) is 16.1. The average Bonchev–Trinajstić information content (AvgIpc) is 2.50. The van der Waals surface area contributed by atoms with Crippen molar-refractivity contribution in [3.8, 4) is 6.07 Å². The van der Waals surface area contributed by atoms with Crippen LogP contribution in [0.25, 0.3) is 10.9 Å². The topological polar surface area (TPSA) is 79.1 Å². The molecule has 0 bridgehead atoms. The van der Waals surface area contributed by atoms with Crippen molar-refractivity contribution in [2.24, 2.45) is 0 Å². The first-order valence-electron chi connectivity index (χ1n) is 6.68. The predicted octanol–water partition coefficient (Wildman–Crippen LogP) is 2.17. The number of carbonyl (C=O) groups is 1. The number of fused-ring (bicyclic) bond motifs is 1. The Balaban J connectivity index is 2.10. The van der Waals surface area contributed by atoms with Gasteiger partial charge in [0.2, 0.25) is 0 Å². The standard InChI is InChI=1S/C15H14Cl2N4O/c1-9-2-3-10-7-11(8-18)14(21-12(10)6-9)19-4-5-20-15(22)13(16)17/h2-3,6-7,13H,4-5H2,1H3,(H,19,21)(H,20,22)/p+1. The highest BCUT2D eigenvalue weighted by Gasteiger charge is 2.13. The number of pyridine rings is 1. The molecule has 0 aliphatic heterocycles. The number of nitrogens with one attached hydrogen (secondary N) is 3. The van der Waals surface area contributed by atoms with Gasteiger partial charge in [-0.1, -0.05) is 35.3 Å². The number of nitriles is 1. The minimum atomic E-state index is -1.08. The Morgan fingerprint density at radius 3 is 2.82 bits per heavy atom. The van der Waals surface area contributed by atoms with Gasteiger partial charge in [0.05, 0.1) is 6.54 Å². The van der Waals surface area contributed by atoms with Crippen LogP contribution in [-0.4, -0.2) is 23.8 Å². The average molecular weight is 338 g/mol. The maximum atomic E-state index is 11.2. The first kappa shape index (κ1) is 16.3. The van der Waals surface area contributed by atoms with E-state index in [0.29, 0.717) is 24.5 Å². The lowest BCUT2D eigenvalue weighted by molar-refractivity contribution is -0.327. The molecule has 2 rings (SSSR count). The van der Waals surface area contributed by atoms with E-state index >= 15 is 0 Å². The SMILES string of the molecule is Cc1ccc2cc(C#N)c(NCCNC(=O)C(Cl)Cl)[nH+]c2c1. The Bertz CT molecular complexity index is 740. The zero-order valence-electron chi connectivity index (χ0n) is 11.9. The minimum Gasteiger partial charge on any atom is -0.350 e. The normalized spacial score (nSPS) is 10.5. The van der Waals surface area contributed by atoms with Crippen LogP contribution < -0.4 is 15.6 Å². The molecule has 7 heteroatoms. The summed E-state index contributed by atoms with van der Waals surface area (Å²) in [4.78, 5) is 13.3. The Labute approximate surface area is 138 Å². The molecule has 0 unspecified atom stereocenters. The minimum absolute atomic E-state index is 0.347. The van der Waals surface area contributed by atoms with Gasteiger partial charge in [0.25, 0.3) is 11.7 Å². The number of hydrogen-bond acceptors (Lipinski definition) is 3. The van der Waals surface area contributed by atoms with Crippen LogP contribution in [0.1, 0.15) is 11.1 Å². The molecule has 22 heavy (non-hydrogen) atoms. The first-order valence-corrected chi connectivity index (χ1v) is 7.55. The lowest BCUT2D eigenvalue weighted by atomic mass is 10.1. The van der Waals surface area contributed by atoms with Crippen molar-refractivity contribution in [2.45, 2.75) is 11.8 Å². The Morgan fingerprint density at radius 2 is 2.14 bits per heavy atom. The monoisotopic (exact) mass is 337 g/mol. The van der Waals surface area contributed by atoms with Gasteiger partial charge in [-0.05, 0) is 24.6 Å². The summed E-state index contributed by atoms with van der Waals surface area (Å²) in [7, 11) is 0. The van der Waals surface area contributed by atoms with Gasteiger partial charge in [-0.15, -0.1) is 0 Å². The van der Waals surface area contributed by atoms with Crippen molar-refractivity contribution < 1.29 is 9.78 Å². The molecule has 5 nitrogen and oxygen atoms in total. The third-order valence-electron chi connectivity index (χ3n) is 3.08. The smallest absolute Gasteiger partial charge is 0.290 e. The number of aromatic amines is 1. The third-order valence-corrected chi connectivity index (χ3v) is 3.48. The van der Waals surface area contributed by atoms with Crippen LogP contribution >= 0.6 is 23.2 Å². The molecule has 1 amide bonds. The van der Waals surface area contributed by atoms with Gasteiger partial charge in [-0.2, -0.15) is 5.26 Å². The van der Waals surface area contributed by atoms with Gasteiger partial charge in [-0.25, -0.2) is 4.98 Å². The van der Waals surface area contributed by atoms with Crippen LogP contribution in [0, 0.1) is 18.3 Å². The van der Waals surface area contributed by atoms with E-state index in [1.54, 1.807) is 0 Å². The third kappa shape index (κ3) is 4.00. The molecule has 0 aliphatic rings. The number of alkyl halides is 2. The molecule has 1 aromatic heterocycles. The van der Waals surface area contributed by atoms with Gasteiger partial charge in [0.1, 0.15) is 23.7 Å². The van der Waals surface area contributed by atoms with Crippen LogP contribution in [0.4, 0.5) is 5.82 Å². The second-order valence-corrected chi connectivity index (χ2v) is 5.88. The largest absolute Gasteiger partial charge is 0.350 e. The van der Waals surface area contributed by atoms with E-state index < -0.39 is 10.7 Å². The Morgan fingerprint density at radius 1 is 1.36 bits per heavy atom. The number of amides is 1. The first-order chi connectivity index (χ1) is 10.5. The predicted molar refractivity (Wildman–Crippen MR) is 86.9 cm³/mol. The molecule has 0 spiro atoms. The molecular weight excluding hydrogens is 323 g/mol. The van der Waals surface area contributed by atoms with Crippen molar-refractivity contribution in [3.63, 3.8) is 0 Å². The summed E-state index contributed by atoms with van der Waals surface area (Å²) < 4.78 is 0. The van der Waals surface area contributed by atoms with E-state index in [4.69, 9.17) is 23.2 Å². The number of hydrogen-bond donors (Lipinski definition) is 2. The number of benzene rings is 1. The number of aromatic nitrogens is 1. The number of H-pyrrole nitrogens is 1. The summed E-state index contributed by atoms with van der Waals surface area (Å²) in [5.74, 6) is 0.173. The lowest BCUT2D eigenvalue weighted by Gasteiger charge is -2.06. The molecule has 0 radical (unpaired) electrons. The van der Waals surface area contributed by atoms with Crippen molar-refractivity contribution in [2.75, 3.05) is 18.4 Å². The summed E-state index contributed by atoms with van der Waals surface area (Å²) in [5, 5.41) is 15.9. The van der Waals surface area contributed by atoms with E-state index in [1.807, 2.05) is 31.2 Å². The van der Waals surface area contributed by atoms with E-state index in [-0.39, 0.29) is 0 Å². The highest BCUT2D eigenvalue weighted by Crippen LogP contribution is 2.17. The van der Waals surface area contributed by atoms with Crippen LogP contribution in [0.5, 0.6) is 0 Å². The molecule has 0 fully saturated rings. The van der Waals surface area contributed by atoms with Gasteiger partial charge >= 0.3 is 0 Å². The van der Waals surface area contributed by atoms with Crippen LogP contribution in [0.2, 0.25) is 0 Å². The molecule has 0 aliphatic carbocycles. The van der Waals surface area contributed by atoms with Gasteiger partial charge in [-0.3, -0.25) is 10.1 Å². The second kappa shape index (κ2) is 7.30.